The number of hydrogen-bond acceptors (Lipinski definition) is 0. The third-order valence-electron chi connectivity index (χ3n) is 7.24. The number of rotatable bonds is 2. The average Bonchev–Trinajstić information content (AvgIpc) is 3.35. The lowest BCUT2D eigenvalue weighted by Gasteiger charge is -2.46. The van der Waals surface area contributed by atoms with Crippen LogP contribution in [0.1, 0.15) is 38.5 Å². The second kappa shape index (κ2) is 6.52. The molecule has 0 bridgehead atoms. The second-order valence-electron chi connectivity index (χ2n) is 8.24. The quantitative estimate of drug-likeness (QED) is 0.686. The van der Waals surface area contributed by atoms with Crippen molar-refractivity contribution in [3.8, 4) is 0 Å². The van der Waals surface area contributed by atoms with Crippen molar-refractivity contribution >= 4 is 0 Å². The average molecular weight is 321 g/mol. The minimum absolute atomic E-state index is 0. The molecule has 24 heavy (non-hydrogen) atoms. The maximum Gasteiger partial charge on any atom is 0.0127 e. The van der Waals surface area contributed by atoms with Gasteiger partial charge >= 0.3 is 0 Å². The Morgan fingerprint density at radius 2 is 1.71 bits per heavy atom. The summed E-state index contributed by atoms with van der Waals surface area (Å²) >= 11 is 0. The van der Waals surface area contributed by atoms with Crippen LogP contribution in [0.5, 0.6) is 0 Å². The predicted molar refractivity (Wildman–Crippen MR) is 100 cm³/mol. The van der Waals surface area contributed by atoms with Crippen LogP contribution in [0.15, 0.2) is 59.8 Å². The van der Waals surface area contributed by atoms with Crippen LogP contribution in [0.2, 0.25) is 0 Å². The van der Waals surface area contributed by atoms with Crippen molar-refractivity contribution in [2.24, 2.45) is 35.5 Å². The Labute approximate surface area is 146 Å². The summed E-state index contributed by atoms with van der Waals surface area (Å²) in [7, 11) is 0. The van der Waals surface area contributed by atoms with Gasteiger partial charge in [-0.1, -0.05) is 61.4 Å². The fraction of sp³-hybridized carbons (Fsp3) is 0.522. The van der Waals surface area contributed by atoms with Crippen molar-refractivity contribution in [1.29, 1.82) is 0 Å². The van der Waals surface area contributed by atoms with E-state index in [1.54, 1.807) is 5.57 Å². The molecule has 0 heterocycles. The Kier molecular flexibility index (Phi) is 4.39. The minimum atomic E-state index is 0. The van der Waals surface area contributed by atoms with Gasteiger partial charge in [-0.2, -0.15) is 0 Å². The zero-order valence-corrected chi connectivity index (χ0v) is 14.4. The highest BCUT2D eigenvalue weighted by atomic mass is 16.0. The molecule has 0 aromatic heterocycles. The third-order valence-corrected chi connectivity index (χ3v) is 7.24. The van der Waals surface area contributed by atoms with E-state index < -0.39 is 0 Å². The molecule has 2 N–H and O–H groups in total. The predicted octanol–water partition coefficient (Wildman–Crippen LogP) is 4.99. The lowest BCUT2D eigenvalue weighted by molar-refractivity contribution is 0.100. The van der Waals surface area contributed by atoms with Gasteiger partial charge in [0.1, 0.15) is 0 Å². The van der Waals surface area contributed by atoms with Crippen LogP contribution in [0.4, 0.5) is 0 Å². The summed E-state index contributed by atoms with van der Waals surface area (Å²) < 4.78 is 0. The first-order valence-electron chi connectivity index (χ1n) is 9.69. The molecule has 1 radical (unpaired) electrons. The van der Waals surface area contributed by atoms with Crippen molar-refractivity contribution in [3.63, 3.8) is 0 Å². The van der Waals surface area contributed by atoms with E-state index in [1.165, 1.54) is 44.1 Å². The molecule has 5 unspecified atom stereocenters. The van der Waals surface area contributed by atoms with Crippen LogP contribution in [0, 0.1) is 41.9 Å². The second-order valence-corrected chi connectivity index (χ2v) is 8.24. The van der Waals surface area contributed by atoms with Gasteiger partial charge in [-0.15, -0.1) is 0 Å². The molecular weight excluding hydrogens is 292 g/mol. The molecule has 2 saturated carbocycles. The standard InChI is InChI=1S/C23H27.H2O/c1-2-7-16(6-1)19-14-22(17-8-3-4-9-17)21-13-12-18-10-5-11-20(18)23(21)15-19;/h1-4,6-9,14,16,18-21,23H,5,10-13,15H2;1H2. The first kappa shape index (κ1) is 16.1. The monoisotopic (exact) mass is 321 g/mol. The van der Waals surface area contributed by atoms with Gasteiger partial charge in [0.15, 0.2) is 0 Å². The third kappa shape index (κ3) is 2.58. The van der Waals surface area contributed by atoms with Gasteiger partial charge in [0, 0.05) is 12.3 Å². The Balaban J connectivity index is 0.00000146. The molecule has 5 rings (SSSR count). The summed E-state index contributed by atoms with van der Waals surface area (Å²) in [6, 6.07) is 0. The first-order chi connectivity index (χ1) is 11.4. The molecule has 2 fully saturated rings. The van der Waals surface area contributed by atoms with Crippen LogP contribution in [-0.2, 0) is 0 Å². The van der Waals surface area contributed by atoms with Gasteiger partial charge in [0.05, 0.1) is 0 Å². The van der Waals surface area contributed by atoms with Gasteiger partial charge in [-0.05, 0) is 66.4 Å². The molecule has 5 atom stereocenters. The Morgan fingerprint density at radius 3 is 2.50 bits per heavy atom. The number of fused-ring (bicyclic) bond motifs is 3. The van der Waals surface area contributed by atoms with E-state index in [0.717, 1.165) is 29.6 Å². The SMILES string of the molecule is O.[CH]1C=CC=C1C1=CC(C2C=CC=C2)CC2C1CCC1CCCC12. The van der Waals surface area contributed by atoms with Crippen molar-refractivity contribution in [2.45, 2.75) is 38.5 Å². The van der Waals surface area contributed by atoms with Gasteiger partial charge in [0.2, 0.25) is 0 Å². The lowest BCUT2D eigenvalue weighted by Crippen LogP contribution is -2.38. The molecule has 0 aromatic carbocycles. The Morgan fingerprint density at radius 1 is 0.833 bits per heavy atom. The van der Waals surface area contributed by atoms with Crippen molar-refractivity contribution in [3.05, 3.63) is 66.2 Å². The highest BCUT2D eigenvalue weighted by Crippen LogP contribution is 2.56. The molecule has 0 spiro atoms. The largest absolute Gasteiger partial charge is 0.412 e. The molecule has 0 aromatic rings. The highest BCUT2D eigenvalue weighted by Gasteiger charge is 2.46. The first-order valence-corrected chi connectivity index (χ1v) is 9.69. The van der Waals surface area contributed by atoms with Crippen LogP contribution < -0.4 is 0 Å². The van der Waals surface area contributed by atoms with Crippen molar-refractivity contribution < 1.29 is 5.48 Å². The van der Waals surface area contributed by atoms with Crippen LogP contribution in [0.3, 0.4) is 0 Å². The van der Waals surface area contributed by atoms with Gasteiger partial charge in [0.25, 0.3) is 0 Å². The van der Waals surface area contributed by atoms with E-state index >= 15 is 0 Å². The zero-order chi connectivity index (χ0) is 15.2. The van der Waals surface area contributed by atoms with E-state index in [4.69, 9.17) is 0 Å². The molecule has 1 heteroatoms. The maximum absolute atomic E-state index is 2.66. The Hall–Kier alpha value is -1.34. The van der Waals surface area contributed by atoms with Crippen molar-refractivity contribution in [2.75, 3.05) is 0 Å². The summed E-state index contributed by atoms with van der Waals surface area (Å²) in [5.74, 6) is 5.20. The lowest BCUT2D eigenvalue weighted by atomic mass is 9.58. The fourth-order valence-corrected chi connectivity index (χ4v) is 6.23. The molecule has 1 nitrogen and oxygen atoms in total. The van der Waals surface area contributed by atoms with E-state index in [1.807, 2.05) is 0 Å². The molecule has 0 amide bonds. The van der Waals surface area contributed by atoms with Crippen LogP contribution in [-0.4, -0.2) is 5.48 Å². The molecule has 127 valence electrons. The summed E-state index contributed by atoms with van der Waals surface area (Å²) in [6.07, 6.45) is 29.9. The summed E-state index contributed by atoms with van der Waals surface area (Å²) in [5.41, 5.74) is 3.20. The minimum Gasteiger partial charge on any atom is -0.412 e. The van der Waals surface area contributed by atoms with Gasteiger partial charge < -0.3 is 5.48 Å². The highest BCUT2D eigenvalue weighted by molar-refractivity contribution is 5.50. The summed E-state index contributed by atoms with van der Waals surface area (Å²) in [5, 5.41) is 0. The summed E-state index contributed by atoms with van der Waals surface area (Å²) in [4.78, 5) is 0. The number of allylic oxidation sites excluding steroid dienone is 10. The zero-order valence-electron chi connectivity index (χ0n) is 14.4. The van der Waals surface area contributed by atoms with E-state index in [0.29, 0.717) is 5.92 Å². The van der Waals surface area contributed by atoms with Gasteiger partial charge in [-0.3, -0.25) is 0 Å². The maximum atomic E-state index is 2.66. The normalized spacial score (nSPS) is 40.1. The van der Waals surface area contributed by atoms with E-state index in [9.17, 15) is 0 Å². The van der Waals surface area contributed by atoms with Crippen LogP contribution in [0.25, 0.3) is 0 Å². The smallest absolute Gasteiger partial charge is 0.0127 e. The molecule has 0 aliphatic heterocycles. The molecule has 5 aliphatic rings. The Bertz CT molecular complexity index is 620. The summed E-state index contributed by atoms with van der Waals surface area (Å²) in [6.45, 7) is 0. The molecule has 0 saturated heterocycles. The fourth-order valence-electron chi connectivity index (χ4n) is 6.23. The molecule has 5 aliphatic carbocycles. The molecular formula is C23H29O. The van der Waals surface area contributed by atoms with Crippen LogP contribution >= 0.6 is 0 Å². The topological polar surface area (TPSA) is 31.5 Å². The van der Waals surface area contributed by atoms with E-state index in [2.05, 4.69) is 55.0 Å². The van der Waals surface area contributed by atoms with E-state index in [-0.39, 0.29) is 5.48 Å². The number of hydrogen-bond donors (Lipinski definition) is 0. The van der Waals surface area contributed by atoms with Gasteiger partial charge in [-0.25, -0.2) is 0 Å². The van der Waals surface area contributed by atoms with Crippen molar-refractivity contribution in [1.82, 2.24) is 0 Å².